The summed E-state index contributed by atoms with van der Waals surface area (Å²) in [7, 11) is 1.67. The van der Waals surface area contributed by atoms with E-state index in [1.54, 1.807) is 7.11 Å². The second kappa shape index (κ2) is 10.4. The Morgan fingerprint density at radius 2 is 2.00 bits per heavy atom. The Balaban J connectivity index is 1.54. The minimum absolute atomic E-state index is 0.00986. The van der Waals surface area contributed by atoms with Gasteiger partial charge in [0.2, 0.25) is 11.8 Å². The molecule has 1 aromatic heterocycles. The molecule has 1 aliphatic rings. The number of piperidine rings is 1. The van der Waals surface area contributed by atoms with Gasteiger partial charge in [-0.05, 0) is 32.3 Å². The number of carbonyl (C=O) groups excluding carboxylic acids is 2. The van der Waals surface area contributed by atoms with Crippen LogP contribution < -0.4 is 5.32 Å². The summed E-state index contributed by atoms with van der Waals surface area (Å²) >= 11 is 0. The third-order valence-electron chi connectivity index (χ3n) is 5.82. The van der Waals surface area contributed by atoms with Crippen LogP contribution >= 0.6 is 0 Å². The van der Waals surface area contributed by atoms with E-state index in [0.29, 0.717) is 32.7 Å². The molecule has 2 aromatic rings. The third-order valence-corrected chi connectivity index (χ3v) is 5.82. The number of nitrogens with one attached hydrogen (secondary N) is 1. The molecule has 1 unspecified atom stereocenters. The normalized spacial score (nSPS) is 16.5. The molecule has 0 saturated carbocycles. The fourth-order valence-electron chi connectivity index (χ4n) is 4.01. The third kappa shape index (κ3) is 5.48. The summed E-state index contributed by atoms with van der Waals surface area (Å²) < 4.78 is 7.05. The van der Waals surface area contributed by atoms with Crippen LogP contribution in [0.4, 0.5) is 0 Å². The lowest BCUT2D eigenvalue weighted by atomic mass is 9.96. The molecule has 30 heavy (non-hydrogen) atoms. The maximum atomic E-state index is 12.8. The topological polar surface area (TPSA) is 76.5 Å². The highest BCUT2D eigenvalue weighted by molar-refractivity contribution is 5.82. The van der Waals surface area contributed by atoms with Gasteiger partial charge in [0.05, 0.1) is 31.2 Å². The monoisotopic (exact) mass is 412 g/mol. The number of nitrogens with zero attached hydrogens (tertiary/aromatic N) is 3. The molecular weight excluding hydrogens is 380 g/mol. The number of methoxy groups -OCH3 is 1. The van der Waals surface area contributed by atoms with E-state index in [1.807, 2.05) is 53.8 Å². The first-order chi connectivity index (χ1) is 14.5. The zero-order chi connectivity index (χ0) is 21.5. The van der Waals surface area contributed by atoms with Crippen LogP contribution in [0.1, 0.15) is 35.4 Å². The number of carbonyl (C=O) groups is 2. The van der Waals surface area contributed by atoms with Gasteiger partial charge in [0.25, 0.3) is 0 Å². The van der Waals surface area contributed by atoms with Crippen molar-refractivity contribution in [1.82, 2.24) is 20.0 Å². The number of benzene rings is 1. The van der Waals surface area contributed by atoms with Crippen molar-refractivity contribution >= 4 is 11.8 Å². The minimum atomic E-state index is -0.164. The van der Waals surface area contributed by atoms with E-state index in [1.165, 1.54) is 0 Å². The summed E-state index contributed by atoms with van der Waals surface area (Å²) in [5, 5.41) is 7.61. The van der Waals surface area contributed by atoms with Crippen molar-refractivity contribution < 1.29 is 14.3 Å². The van der Waals surface area contributed by atoms with Crippen LogP contribution in [0.5, 0.6) is 0 Å². The standard InChI is InChI=1S/C23H32N4O3/c1-17-21(18(2)27(25-17)12-13-30-3)15-24-23(29)20-10-7-11-26(16-20)22(28)14-19-8-5-4-6-9-19/h4-6,8-9,20H,7,10-16H2,1-3H3,(H,24,29). The number of rotatable bonds is 8. The van der Waals surface area contributed by atoms with Gasteiger partial charge in [-0.3, -0.25) is 14.3 Å². The van der Waals surface area contributed by atoms with E-state index < -0.39 is 0 Å². The number of aryl methyl sites for hydroxylation is 1. The molecule has 1 aromatic carbocycles. The highest BCUT2D eigenvalue weighted by Gasteiger charge is 2.28. The number of amides is 2. The van der Waals surface area contributed by atoms with E-state index in [9.17, 15) is 9.59 Å². The second-order valence-corrected chi connectivity index (χ2v) is 7.92. The van der Waals surface area contributed by atoms with Crippen LogP contribution in [0.15, 0.2) is 30.3 Å². The van der Waals surface area contributed by atoms with Crippen molar-refractivity contribution in [3.05, 3.63) is 52.8 Å². The molecule has 1 atom stereocenters. The Labute approximate surface area is 178 Å². The molecule has 7 nitrogen and oxygen atoms in total. The quantitative estimate of drug-likeness (QED) is 0.722. The summed E-state index contributed by atoms with van der Waals surface area (Å²) in [5.41, 5.74) is 4.03. The first kappa shape index (κ1) is 22.0. The fourth-order valence-corrected chi connectivity index (χ4v) is 4.01. The Morgan fingerprint density at radius 1 is 1.23 bits per heavy atom. The van der Waals surface area contributed by atoms with Crippen molar-refractivity contribution in [3.8, 4) is 0 Å². The van der Waals surface area contributed by atoms with E-state index in [-0.39, 0.29) is 17.7 Å². The summed E-state index contributed by atoms with van der Waals surface area (Å²) in [6.07, 6.45) is 2.05. The van der Waals surface area contributed by atoms with Gasteiger partial charge in [-0.1, -0.05) is 30.3 Å². The van der Waals surface area contributed by atoms with Crippen molar-refractivity contribution in [1.29, 1.82) is 0 Å². The zero-order valence-corrected chi connectivity index (χ0v) is 18.2. The van der Waals surface area contributed by atoms with Crippen LogP contribution in [0.2, 0.25) is 0 Å². The fraction of sp³-hybridized carbons (Fsp3) is 0.522. The second-order valence-electron chi connectivity index (χ2n) is 7.92. The van der Waals surface area contributed by atoms with Gasteiger partial charge < -0.3 is 15.0 Å². The van der Waals surface area contributed by atoms with Crippen molar-refractivity contribution in [2.24, 2.45) is 5.92 Å². The summed E-state index contributed by atoms with van der Waals surface area (Å²) in [6, 6.07) is 9.75. The van der Waals surface area contributed by atoms with Gasteiger partial charge in [-0.2, -0.15) is 5.10 Å². The first-order valence-electron chi connectivity index (χ1n) is 10.6. The van der Waals surface area contributed by atoms with Gasteiger partial charge in [-0.25, -0.2) is 0 Å². The lowest BCUT2D eigenvalue weighted by molar-refractivity contribution is -0.135. The summed E-state index contributed by atoms with van der Waals surface area (Å²) in [5.74, 6) is -0.0666. The number of hydrogen-bond donors (Lipinski definition) is 1. The lowest BCUT2D eigenvalue weighted by Crippen LogP contribution is -2.45. The van der Waals surface area contributed by atoms with E-state index in [4.69, 9.17) is 4.74 Å². The molecule has 1 aliphatic heterocycles. The van der Waals surface area contributed by atoms with Crippen LogP contribution in [0.3, 0.4) is 0 Å². The molecule has 0 aliphatic carbocycles. The predicted octanol–water partition coefficient (Wildman–Crippen LogP) is 2.24. The van der Waals surface area contributed by atoms with E-state index in [2.05, 4.69) is 10.4 Å². The zero-order valence-electron chi connectivity index (χ0n) is 18.2. The van der Waals surface area contributed by atoms with E-state index in [0.717, 1.165) is 41.9 Å². The number of likely N-dealkylation sites (tertiary alicyclic amines) is 1. The Morgan fingerprint density at radius 3 is 2.73 bits per heavy atom. The van der Waals surface area contributed by atoms with Gasteiger partial charge in [0.1, 0.15) is 0 Å². The Hall–Kier alpha value is -2.67. The Bertz CT molecular complexity index is 863. The van der Waals surface area contributed by atoms with Gasteiger partial charge in [0.15, 0.2) is 0 Å². The molecule has 3 rings (SSSR count). The van der Waals surface area contributed by atoms with Crippen LogP contribution in [-0.4, -0.2) is 53.3 Å². The van der Waals surface area contributed by atoms with Crippen LogP contribution in [-0.2, 0) is 33.8 Å². The van der Waals surface area contributed by atoms with Gasteiger partial charge >= 0.3 is 0 Å². The highest BCUT2D eigenvalue weighted by atomic mass is 16.5. The van der Waals surface area contributed by atoms with Crippen molar-refractivity contribution in [3.63, 3.8) is 0 Å². The van der Waals surface area contributed by atoms with Gasteiger partial charge in [0, 0.05) is 38.0 Å². The lowest BCUT2D eigenvalue weighted by Gasteiger charge is -2.32. The first-order valence-corrected chi connectivity index (χ1v) is 10.6. The van der Waals surface area contributed by atoms with Crippen LogP contribution in [0, 0.1) is 19.8 Å². The molecule has 0 radical (unpaired) electrons. The van der Waals surface area contributed by atoms with Gasteiger partial charge in [-0.15, -0.1) is 0 Å². The molecule has 162 valence electrons. The molecule has 2 heterocycles. The highest BCUT2D eigenvalue weighted by Crippen LogP contribution is 2.19. The SMILES string of the molecule is COCCn1nc(C)c(CNC(=O)C2CCCN(C(=O)Cc3ccccc3)C2)c1C. The number of aromatic nitrogens is 2. The number of hydrogen-bond acceptors (Lipinski definition) is 4. The summed E-state index contributed by atoms with van der Waals surface area (Å²) in [4.78, 5) is 27.3. The minimum Gasteiger partial charge on any atom is -0.383 e. The Kier molecular flexibility index (Phi) is 7.63. The number of ether oxygens (including phenoxy) is 1. The molecular formula is C23H32N4O3. The van der Waals surface area contributed by atoms with E-state index >= 15 is 0 Å². The van der Waals surface area contributed by atoms with Crippen LogP contribution in [0.25, 0.3) is 0 Å². The molecule has 2 amide bonds. The maximum absolute atomic E-state index is 12.8. The maximum Gasteiger partial charge on any atom is 0.227 e. The molecule has 0 bridgehead atoms. The molecule has 1 saturated heterocycles. The molecule has 7 heteroatoms. The average Bonchev–Trinajstić information content (AvgIpc) is 3.03. The molecule has 1 N–H and O–H groups in total. The smallest absolute Gasteiger partial charge is 0.227 e. The average molecular weight is 413 g/mol. The predicted molar refractivity (Wildman–Crippen MR) is 115 cm³/mol. The largest absolute Gasteiger partial charge is 0.383 e. The molecule has 1 fully saturated rings. The van der Waals surface area contributed by atoms with Crippen molar-refractivity contribution in [2.45, 2.75) is 46.2 Å². The molecule has 0 spiro atoms. The summed E-state index contributed by atoms with van der Waals surface area (Å²) in [6.45, 7) is 6.94. The van der Waals surface area contributed by atoms with Crippen molar-refractivity contribution in [2.75, 3.05) is 26.8 Å².